The van der Waals surface area contributed by atoms with Crippen LogP contribution in [-0.2, 0) is 4.79 Å². The third-order valence-corrected chi connectivity index (χ3v) is 4.21. The van der Waals surface area contributed by atoms with Crippen molar-refractivity contribution in [3.63, 3.8) is 0 Å². The lowest BCUT2D eigenvalue weighted by Crippen LogP contribution is -2.49. The molecule has 1 saturated heterocycles. The van der Waals surface area contributed by atoms with Gasteiger partial charge in [0.25, 0.3) is 5.91 Å². The molecule has 2 N–H and O–H groups in total. The molecule has 1 aliphatic heterocycles. The van der Waals surface area contributed by atoms with Gasteiger partial charge in [0.1, 0.15) is 5.75 Å². The van der Waals surface area contributed by atoms with Crippen LogP contribution in [0, 0.1) is 0 Å². The highest BCUT2D eigenvalue weighted by Crippen LogP contribution is 2.26. The van der Waals surface area contributed by atoms with Gasteiger partial charge in [-0.15, -0.1) is 0 Å². The van der Waals surface area contributed by atoms with Crippen LogP contribution in [0.3, 0.4) is 0 Å². The molecular formula is C14H18Cl2N2O2. The Morgan fingerprint density at radius 2 is 2.15 bits per heavy atom. The maximum absolute atomic E-state index is 12.2. The van der Waals surface area contributed by atoms with Gasteiger partial charge in [0.2, 0.25) is 0 Å². The van der Waals surface area contributed by atoms with E-state index in [2.05, 4.69) is 0 Å². The minimum Gasteiger partial charge on any atom is -0.484 e. The monoisotopic (exact) mass is 316 g/mol. The molecule has 1 atom stereocenters. The Morgan fingerprint density at radius 3 is 2.85 bits per heavy atom. The number of carbonyl (C=O) groups is 1. The van der Waals surface area contributed by atoms with Crippen LogP contribution >= 0.6 is 23.2 Å². The number of piperidine rings is 1. The molecule has 6 heteroatoms. The third-order valence-electron chi connectivity index (χ3n) is 3.47. The maximum Gasteiger partial charge on any atom is 0.260 e. The normalized spacial score (nSPS) is 18.9. The molecule has 1 fully saturated rings. The van der Waals surface area contributed by atoms with Crippen LogP contribution < -0.4 is 10.5 Å². The summed E-state index contributed by atoms with van der Waals surface area (Å²) in [5.74, 6) is 0.500. The molecule has 0 radical (unpaired) electrons. The molecule has 0 saturated carbocycles. The fraction of sp³-hybridized carbons (Fsp3) is 0.500. The van der Waals surface area contributed by atoms with Crippen molar-refractivity contribution in [1.82, 2.24) is 4.90 Å². The first-order chi connectivity index (χ1) is 9.61. The van der Waals surface area contributed by atoms with Crippen LogP contribution in [0.1, 0.15) is 19.3 Å². The Bertz CT molecular complexity index is 482. The molecule has 2 rings (SSSR count). The summed E-state index contributed by atoms with van der Waals surface area (Å²) in [5, 5.41) is 0.874. The molecule has 1 aromatic carbocycles. The number of likely N-dealkylation sites (tertiary alicyclic amines) is 1. The highest BCUT2D eigenvalue weighted by Gasteiger charge is 2.25. The molecule has 110 valence electrons. The summed E-state index contributed by atoms with van der Waals surface area (Å²) in [7, 11) is 0. The minimum atomic E-state index is -0.0359. The minimum absolute atomic E-state index is 0.00549. The number of benzene rings is 1. The molecule has 1 amide bonds. The lowest BCUT2D eigenvalue weighted by molar-refractivity contribution is -0.136. The molecular weight excluding hydrogens is 299 g/mol. The highest BCUT2D eigenvalue weighted by atomic mass is 35.5. The van der Waals surface area contributed by atoms with Gasteiger partial charge in [-0.2, -0.15) is 0 Å². The zero-order valence-corrected chi connectivity index (χ0v) is 12.7. The maximum atomic E-state index is 12.2. The number of ether oxygens (including phenoxy) is 1. The van der Waals surface area contributed by atoms with Crippen molar-refractivity contribution in [2.75, 3.05) is 19.7 Å². The van der Waals surface area contributed by atoms with Crippen molar-refractivity contribution in [3.05, 3.63) is 28.2 Å². The lowest BCUT2D eigenvalue weighted by Gasteiger charge is -2.34. The highest BCUT2D eigenvalue weighted by molar-refractivity contribution is 6.42. The third kappa shape index (κ3) is 3.78. The number of hydrogen-bond acceptors (Lipinski definition) is 3. The van der Waals surface area contributed by atoms with E-state index in [1.54, 1.807) is 18.2 Å². The number of carbonyl (C=O) groups excluding carboxylic acids is 1. The molecule has 1 unspecified atom stereocenters. The van der Waals surface area contributed by atoms with Crippen LogP contribution in [0.2, 0.25) is 10.0 Å². The topological polar surface area (TPSA) is 55.6 Å². The van der Waals surface area contributed by atoms with Crippen LogP contribution in [0.4, 0.5) is 0 Å². The summed E-state index contributed by atoms with van der Waals surface area (Å²) in [6, 6.07) is 5.08. The summed E-state index contributed by atoms with van der Waals surface area (Å²) in [4.78, 5) is 14.0. The van der Waals surface area contributed by atoms with Crippen LogP contribution in [0.15, 0.2) is 18.2 Å². The molecule has 0 spiro atoms. The van der Waals surface area contributed by atoms with Gasteiger partial charge in [-0.25, -0.2) is 0 Å². The van der Waals surface area contributed by atoms with Gasteiger partial charge < -0.3 is 15.4 Å². The van der Waals surface area contributed by atoms with E-state index < -0.39 is 0 Å². The van der Waals surface area contributed by atoms with Crippen LogP contribution in [-0.4, -0.2) is 36.5 Å². The van der Waals surface area contributed by atoms with Crippen molar-refractivity contribution in [2.24, 2.45) is 5.73 Å². The van der Waals surface area contributed by atoms with Gasteiger partial charge in [-0.3, -0.25) is 4.79 Å². The second kappa shape index (κ2) is 7.16. The Kier molecular flexibility index (Phi) is 5.52. The first-order valence-corrected chi connectivity index (χ1v) is 7.45. The summed E-state index contributed by atoms with van der Waals surface area (Å²) in [6.45, 7) is 1.25. The number of halogens is 2. The largest absolute Gasteiger partial charge is 0.484 e. The SMILES string of the molecule is NCC1CCCCN1C(=O)COc1ccc(Cl)c(Cl)c1. The Balaban J connectivity index is 1.92. The lowest BCUT2D eigenvalue weighted by atomic mass is 10.0. The van der Waals surface area contributed by atoms with Gasteiger partial charge in [-0.05, 0) is 31.4 Å². The summed E-state index contributed by atoms with van der Waals surface area (Å²) in [5.41, 5.74) is 5.71. The van der Waals surface area contributed by atoms with Gasteiger partial charge in [0, 0.05) is 25.2 Å². The first kappa shape index (κ1) is 15.4. The predicted octanol–water partition coefficient (Wildman–Crippen LogP) is 2.71. The fourth-order valence-corrected chi connectivity index (χ4v) is 2.66. The van der Waals surface area contributed by atoms with Crippen molar-refractivity contribution >= 4 is 29.1 Å². The molecule has 1 aromatic rings. The van der Waals surface area contributed by atoms with Gasteiger partial charge in [0.05, 0.1) is 10.0 Å². The van der Waals surface area contributed by atoms with E-state index in [1.807, 2.05) is 4.90 Å². The van der Waals surface area contributed by atoms with E-state index in [1.165, 1.54) is 0 Å². The summed E-state index contributed by atoms with van der Waals surface area (Å²) < 4.78 is 5.47. The van der Waals surface area contributed by atoms with E-state index in [-0.39, 0.29) is 18.6 Å². The van der Waals surface area contributed by atoms with E-state index in [4.69, 9.17) is 33.7 Å². The van der Waals surface area contributed by atoms with E-state index in [0.29, 0.717) is 22.3 Å². The fourth-order valence-electron chi connectivity index (χ4n) is 2.37. The van der Waals surface area contributed by atoms with Crippen LogP contribution in [0.25, 0.3) is 0 Å². The molecule has 0 bridgehead atoms. The Labute approximate surface area is 128 Å². The quantitative estimate of drug-likeness (QED) is 0.929. The molecule has 0 aromatic heterocycles. The second-order valence-corrected chi connectivity index (χ2v) is 5.65. The molecule has 1 aliphatic rings. The van der Waals surface area contributed by atoms with Crippen molar-refractivity contribution in [1.29, 1.82) is 0 Å². The summed E-state index contributed by atoms with van der Waals surface area (Å²) >= 11 is 11.7. The molecule has 4 nitrogen and oxygen atoms in total. The first-order valence-electron chi connectivity index (χ1n) is 6.69. The Morgan fingerprint density at radius 1 is 1.35 bits per heavy atom. The van der Waals surface area contributed by atoms with Gasteiger partial charge in [0.15, 0.2) is 6.61 Å². The summed E-state index contributed by atoms with van der Waals surface area (Å²) in [6.07, 6.45) is 3.11. The second-order valence-electron chi connectivity index (χ2n) is 4.84. The number of nitrogens with two attached hydrogens (primary N) is 1. The number of hydrogen-bond donors (Lipinski definition) is 1. The number of rotatable bonds is 4. The molecule has 1 heterocycles. The van der Waals surface area contributed by atoms with E-state index >= 15 is 0 Å². The van der Waals surface area contributed by atoms with Crippen LogP contribution in [0.5, 0.6) is 5.75 Å². The van der Waals surface area contributed by atoms with Crippen molar-refractivity contribution in [3.8, 4) is 5.75 Å². The average molecular weight is 317 g/mol. The smallest absolute Gasteiger partial charge is 0.260 e. The number of amides is 1. The predicted molar refractivity (Wildman–Crippen MR) is 80.4 cm³/mol. The van der Waals surface area contributed by atoms with Crippen molar-refractivity contribution < 1.29 is 9.53 Å². The van der Waals surface area contributed by atoms with E-state index in [9.17, 15) is 4.79 Å². The van der Waals surface area contributed by atoms with Gasteiger partial charge in [-0.1, -0.05) is 23.2 Å². The average Bonchev–Trinajstić information content (AvgIpc) is 2.48. The Hall–Kier alpha value is -0.970. The van der Waals surface area contributed by atoms with Crippen molar-refractivity contribution in [2.45, 2.75) is 25.3 Å². The molecule has 0 aliphatic carbocycles. The zero-order valence-electron chi connectivity index (χ0n) is 11.1. The molecule has 20 heavy (non-hydrogen) atoms. The number of nitrogens with zero attached hydrogens (tertiary/aromatic N) is 1. The van der Waals surface area contributed by atoms with Gasteiger partial charge >= 0.3 is 0 Å². The zero-order chi connectivity index (χ0) is 14.5. The standard InChI is InChI=1S/C14H18Cl2N2O2/c15-12-5-4-11(7-13(12)16)20-9-14(19)18-6-2-1-3-10(18)8-17/h4-5,7,10H,1-3,6,8-9,17H2. The van der Waals surface area contributed by atoms with E-state index in [0.717, 1.165) is 25.8 Å².